The Morgan fingerprint density at radius 1 is 0.490 bits per heavy atom. The number of hydrogen-bond donors (Lipinski definition) is 2. The van der Waals surface area contributed by atoms with Crippen LogP contribution in [0.1, 0.15) is 29.0 Å². The summed E-state index contributed by atoms with van der Waals surface area (Å²) in [5, 5.41) is 15.3. The second-order valence-electron chi connectivity index (χ2n) is 13.6. The van der Waals surface area contributed by atoms with Crippen LogP contribution >= 0.6 is 11.3 Å². The summed E-state index contributed by atoms with van der Waals surface area (Å²) >= 11 is 1.89. The molecule has 0 amide bonds. The van der Waals surface area contributed by atoms with Crippen molar-refractivity contribution in [1.82, 2.24) is 19.4 Å². The Balaban J connectivity index is 1.21. The third kappa shape index (κ3) is 3.75. The van der Waals surface area contributed by atoms with Gasteiger partial charge in [0.2, 0.25) is 0 Å². The quantitative estimate of drug-likeness (QED) is 0.196. The molecule has 51 heavy (non-hydrogen) atoms. The Bertz CT molecular complexity index is 3210. The van der Waals surface area contributed by atoms with Gasteiger partial charge in [0.25, 0.3) is 0 Å². The van der Waals surface area contributed by atoms with Gasteiger partial charge in [-0.1, -0.05) is 115 Å². The molecule has 5 heterocycles. The van der Waals surface area contributed by atoms with Crippen molar-refractivity contribution < 1.29 is 0 Å². The number of aliphatic imine (C=N–C) groups is 1. The molecule has 5 nitrogen and oxygen atoms in total. The van der Waals surface area contributed by atoms with Crippen LogP contribution < -0.4 is 10.6 Å². The van der Waals surface area contributed by atoms with Crippen molar-refractivity contribution >= 4 is 92.0 Å². The lowest BCUT2D eigenvalue weighted by Crippen LogP contribution is -2.44. The summed E-state index contributed by atoms with van der Waals surface area (Å²) in [6, 6.07) is 55.1. The van der Waals surface area contributed by atoms with Gasteiger partial charge in [-0.2, -0.15) is 0 Å². The van der Waals surface area contributed by atoms with Crippen molar-refractivity contribution in [3.05, 3.63) is 168 Å². The lowest BCUT2D eigenvalue weighted by atomic mass is 10.0. The van der Waals surface area contributed by atoms with Crippen molar-refractivity contribution in [3.63, 3.8) is 0 Å². The van der Waals surface area contributed by atoms with Gasteiger partial charge in [0.1, 0.15) is 18.2 Å². The molecule has 11 aromatic rings. The molecule has 12 rings (SSSR count). The molecule has 0 bridgehead atoms. The Morgan fingerprint density at radius 3 is 1.73 bits per heavy atom. The summed E-state index contributed by atoms with van der Waals surface area (Å²) < 4.78 is 7.67. The fraction of sp³-hybridized carbons (Fsp3) is 0.0444. The predicted octanol–water partition coefficient (Wildman–Crippen LogP) is 10.9. The number of hydrogen-bond acceptors (Lipinski definition) is 4. The Kier molecular flexibility index (Phi) is 5.50. The third-order valence-corrected chi connectivity index (χ3v) is 12.0. The Labute approximate surface area is 296 Å². The summed E-state index contributed by atoms with van der Waals surface area (Å²) in [5.41, 5.74) is 10.7. The van der Waals surface area contributed by atoms with Crippen molar-refractivity contribution in [2.75, 3.05) is 0 Å². The molecule has 2 atom stereocenters. The second-order valence-corrected chi connectivity index (χ2v) is 14.7. The van der Waals surface area contributed by atoms with E-state index < -0.39 is 0 Å². The van der Waals surface area contributed by atoms with Crippen molar-refractivity contribution in [2.24, 2.45) is 4.99 Å². The minimum atomic E-state index is -0.194. The largest absolute Gasteiger partial charge is 0.350 e. The van der Waals surface area contributed by atoms with Gasteiger partial charge in [-0.25, -0.2) is 4.99 Å². The van der Waals surface area contributed by atoms with Crippen molar-refractivity contribution in [1.29, 1.82) is 0 Å². The zero-order valence-corrected chi connectivity index (χ0v) is 28.2. The zero-order chi connectivity index (χ0) is 33.2. The topological polar surface area (TPSA) is 45.2 Å². The first-order chi connectivity index (χ1) is 25.3. The normalized spacial score (nSPS) is 16.8. The van der Waals surface area contributed by atoms with Gasteiger partial charge in [0.15, 0.2) is 0 Å². The van der Waals surface area contributed by atoms with E-state index in [0.29, 0.717) is 0 Å². The van der Waals surface area contributed by atoms with E-state index in [4.69, 9.17) is 4.99 Å². The molecule has 0 aliphatic carbocycles. The number of rotatable bonds is 3. The molecule has 0 spiro atoms. The van der Waals surface area contributed by atoms with Crippen LogP contribution in [0.2, 0.25) is 0 Å². The smallest absolute Gasteiger partial charge is 0.131 e. The lowest BCUT2D eigenvalue weighted by Gasteiger charge is -2.32. The van der Waals surface area contributed by atoms with Gasteiger partial charge in [-0.3, -0.25) is 5.32 Å². The fourth-order valence-corrected chi connectivity index (χ4v) is 9.83. The maximum Gasteiger partial charge on any atom is 0.131 e. The molecular weight excluding hydrogens is 643 g/mol. The van der Waals surface area contributed by atoms with E-state index in [9.17, 15) is 0 Å². The molecule has 240 valence electrons. The van der Waals surface area contributed by atoms with E-state index >= 15 is 0 Å². The first kappa shape index (κ1) is 27.6. The summed E-state index contributed by atoms with van der Waals surface area (Å²) in [6.07, 6.45) is -0.295. The van der Waals surface area contributed by atoms with Crippen LogP contribution in [0, 0.1) is 0 Å². The standard InChI is InChI=1S/C45H29N5S/c1-3-11-26(12-4-1)43-46-44(27-13-5-2-6-14-27)48-45(47-43)28-19-20-30-32-22-24-38-40-39-37(51-38)23-21-31-29-15-7-8-16-33(29)49(41(31)39)34-17-9-10-18-35(34)50(42(32)40)36(30)25-28/h1-25,43-44,46H,(H,47,48). The van der Waals surface area contributed by atoms with E-state index in [0.717, 1.165) is 17.0 Å². The number of benzene rings is 7. The minimum absolute atomic E-state index is 0.101. The monoisotopic (exact) mass is 671 g/mol. The summed E-state index contributed by atoms with van der Waals surface area (Å²) in [5.74, 6) is 0.877. The molecule has 7 aromatic carbocycles. The van der Waals surface area contributed by atoms with Gasteiger partial charge in [0.05, 0.1) is 33.1 Å². The van der Waals surface area contributed by atoms with E-state index in [1.807, 2.05) is 11.3 Å². The van der Waals surface area contributed by atoms with Gasteiger partial charge in [-0.15, -0.1) is 11.3 Å². The SMILES string of the molecule is c1ccc(C2N=C(c3ccc4c5ccc6sc7ccc8c9ccccc9n9c%10ccccc%10n(c4c3)c5c6c7c89)NC(c3ccccc3)N2)cc1. The van der Waals surface area contributed by atoms with Crippen LogP contribution in [0.15, 0.2) is 157 Å². The zero-order valence-electron chi connectivity index (χ0n) is 27.3. The van der Waals surface area contributed by atoms with Crippen LogP contribution in [0.3, 0.4) is 0 Å². The van der Waals surface area contributed by atoms with Crippen molar-refractivity contribution in [2.45, 2.75) is 12.3 Å². The van der Waals surface area contributed by atoms with Crippen LogP contribution in [0.4, 0.5) is 0 Å². The van der Waals surface area contributed by atoms with Crippen LogP contribution in [0.25, 0.3) is 74.8 Å². The number of aromatic nitrogens is 2. The molecule has 6 heteroatoms. The number of thiophene rings is 1. The number of nitrogens with zero attached hydrogens (tertiary/aromatic N) is 3. The summed E-state index contributed by atoms with van der Waals surface area (Å²) in [7, 11) is 0. The lowest BCUT2D eigenvalue weighted by molar-refractivity contribution is 0.409. The minimum Gasteiger partial charge on any atom is -0.350 e. The molecule has 0 fully saturated rings. The van der Waals surface area contributed by atoms with Crippen molar-refractivity contribution in [3.8, 4) is 0 Å². The maximum atomic E-state index is 5.31. The second kappa shape index (κ2) is 10.2. The van der Waals surface area contributed by atoms with E-state index in [2.05, 4.69) is 171 Å². The molecule has 2 N–H and O–H groups in total. The van der Waals surface area contributed by atoms with E-state index in [1.54, 1.807) is 0 Å². The number of amidine groups is 1. The fourth-order valence-electron chi connectivity index (χ4n) is 8.72. The molecule has 2 unspecified atom stereocenters. The van der Waals surface area contributed by atoms with Crippen LogP contribution in [-0.2, 0) is 0 Å². The Hall–Kier alpha value is -6.21. The van der Waals surface area contributed by atoms with Crippen LogP contribution in [-0.4, -0.2) is 14.6 Å². The van der Waals surface area contributed by atoms with Gasteiger partial charge >= 0.3 is 0 Å². The van der Waals surface area contributed by atoms with Gasteiger partial charge in [-0.05, 0) is 47.5 Å². The first-order valence-electron chi connectivity index (χ1n) is 17.5. The first-order valence-corrected chi connectivity index (χ1v) is 18.3. The molecule has 0 saturated carbocycles. The molecule has 4 aromatic heterocycles. The van der Waals surface area contributed by atoms with E-state index in [1.165, 1.54) is 80.4 Å². The average Bonchev–Trinajstić information content (AvgIpc) is 3.85. The molecule has 1 aliphatic heterocycles. The van der Waals surface area contributed by atoms with Gasteiger partial charge in [0, 0.05) is 47.3 Å². The number of fused-ring (bicyclic) bond motifs is 9. The maximum absolute atomic E-state index is 5.31. The third-order valence-electron chi connectivity index (χ3n) is 10.9. The summed E-state index contributed by atoms with van der Waals surface area (Å²) in [6.45, 7) is 0. The summed E-state index contributed by atoms with van der Waals surface area (Å²) in [4.78, 5) is 5.31. The molecule has 0 saturated heterocycles. The molecule has 0 radical (unpaired) electrons. The molecule has 1 aliphatic rings. The average molecular weight is 672 g/mol. The highest BCUT2D eigenvalue weighted by Gasteiger charge is 2.27. The predicted molar refractivity (Wildman–Crippen MR) is 214 cm³/mol. The van der Waals surface area contributed by atoms with Crippen LogP contribution in [0.5, 0.6) is 0 Å². The number of para-hydroxylation sites is 3. The van der Waals surface area contributed by atoms with E-state index in [-0.39, 0.29) is 12.3 Å². The molecular formula is C45H29N5S. The highest BCUT2D eigenvalue weighted by molar-refractivity contribution is 7.26. The van der Waals surface area contributed by atoms with Gasteiger partial charge < -0.3 is 14.1 Å². The number of nitrogens with one attached hydrogen (secondary N) is 2. The Morgan fingerprint density at radius 2 is 1.04 bits per heavy atom. The highest BCUT2D eigenvalue weighted by atomic mass is 32.1. The highest BCUT2D eigenvalue weighted by Crippen LogP contribution is 2.47.